The molecule has 0 unspecified atom stereocenters. The molecule has 6 nitrogen and oxygen atoms in total. The number of hydrogen-bond donors (Lipinski definition) is 2. The lowest BCUT2D eigenvalue weighted by Crippen LogP contribution is -2.53. The number of nitrogens with one attached hydrogen (secondary N) is 1. The molecule has 160 valence electrons. The molecule has 4 rings (SSSR count). The van der Waals surface area contributed by atoms with Crippen LogP contribution >= 0.6 is 0 Å². The number of ether oxygens (including phenoxy) is 1. The first-order valence-electron chi connectivity index (χ1n) is 11.3. The quantitative estimate of drug-likeness (QED) is 0.712. The van der Waals surface area contributed by atoms with Gasteiger partial charge in [0.2, 0.25) is 17.5 Å². The van der Waals surface area contributed by atoms with Crippen molar-refractivity contribution in [1.29, 1.82) is 0 Å². The third-order valence-corrected chi connectivity index (χ3v) is 7.48. The molecule has 1 aliphatic heterocycles. The molecular formula is C22H38N2O4. The summed E-state index contributed by atoms with van der Waals surface area (Å²) in [6, 6.07) is 0. The normalized spacial score (nSPS) is 43.4. The summed E-state index contributed by atoms with van der Waals surface area (Å²) in [5.74, 6) is 0.971. The molecule has 0 aromatic heterocycles. The molecule has 2 spiro atoms. The van der Waals surface area contributed by atoms with Gasteiger partial charge in [-0.1, -0.05) is 19.8 Å². The van der Waals surface area contributed by atoms with E-state index in [9.17, 15) is 4.79 Å². The molecule has 1 amide bonds. The van der Waals surface area contributed by atoms with Gasteiger partial charge < -0.3 is 15.8 Å². The summed E-state index contributed by atoms with van der Waals surface area (Å²) in [4.78, 5) is 24.2. The van der Waals surface area contributed by atoms with Crippen molar-refractivity contribution >= 4 is 5.91 Å². The second-order valence-electron chi connectivity index (χ2n) is 10.7. The molecular weight excluding hydrogens is 356 g/mol. The first kappa shape index (κ1) is 20.6. The topological polar surface area (TPSA) is 82.8 Å². The van der Waals surface area contributed by atoms with Crippen LogP contribution in [0.4, 0.5) is 0 Å². The average Bonchev–Trinajstić information content (AvgIpc) is 3.01. The largest absolute Gasteiger partial charge is 0.354 e. The highest BCUT2D eigenvalue weighted by Crippen LogP contribution is 2.57. The minimum Gasteiger partial charge on any atom is -0.354 e. The summed E-state index contributed by atoms with van der Waals surface area (Å²) in [6.45, 7) is 6.61. The fourth-order valence-electron chi connectivity index (χ4n) is 5.90. The molecule has 0 aromatic carbocycles. The minimum absolute atomic E-state index is 0.0922. The van der Waals surface area contributed by atoms with E-state index in [1.54, 1.807) is 0 Å². The van der Waals surface area contributed by atoms with Crippen molar-refractivity contribution in [2.24, 2.45) is 29.4 Å². The van der Waals surface area contributed by atoms with Crippen LogP contribution in [0.2, 0.25) is 0 Å². The van der Waals surface area contributed by atoms with E-state index in [4.69, 9.17) is 20.2 Å². The van der Waals surface area contributed by atoms with Gasteiger partial charge in [-0.25, -0.2) is 0 Å². The summed E-state index contributed by atoms with van der Waals surface area (Å²) in [5, 5.41) is 2.96. The Kier molecular flexibility index (Phi) is 5.53. The molecule has 4 aliphatic rings. The van der Waals surface area contributed by atoms with Crippen LogP contribution in [0.5, 0.6) is 0 Å². The van der Waals surface area contributed by atoms with Crippen LogP contribution in [0.1, 0.15) is 85.0 Å². The van der Waals surface area contributed by atoms with Gasteiger partial charge in [0.15, 0.2) is 0 Å². The van der Waals surface area contributed by atoms with E-state index in [0.717, 1.165) is 31.6 Å². The SMILES string of the molecule is C[C@@H]1C[C@@H]2CCC[C@@H](C2)[C@@]12OOC1(CCC(CC(=O)NCC(C)(C)N)CC1)O2. The number of amides is 1. The highest BCUT2D eigenvalue weighted by atomic mass is 17.3. The van der Waals surface area contributed by atoms with Crippen molar-refractivity contribution in [3.05, 3.63) is 0 Å². The van der Waals surface area contributed by atoms with Gasteiger partial charge >= 0.3 is 0 Å². The predicted molar refractivity (Wildman–Crippen MR) is 106 cm³/mol. The van der Waals surface area contributed by atoms with Crippen LogP contribution < -0.4 is 11.1 Å². The molecule has 3 saturated carbocycles. The van der Waals surface area contributed by atoms with Crippen LogP contribution in [0, 0.1) is 23.7 Å². The summed E-state index contributed by atoms with van der Waals surface area (Å²) in [6.07, 6.45) is 10.2. The lowest BCUT2D eigenvalue weighted by molar-refractivity contribution is -0.379. The van der Waals surface area contributed by atoms with E-state index in [-0.39, 0.29) is 11.4 Å². The zero-order valence-electron chi connectivity index (χ0n) is 17.8. The zero-order valence-corrected chi connectivity index (χ0v) is 17.8. The van der Waals surface area contributed by atoms with E-state index in [0.29, 0.717) is 30.7 Å². The van der Waals surface area contributed by atoms with E-state index in [1.807, 2.05) is 13.8 Å². The fourth-order valence-corrected chi connectivity index (χ4v) is 5.90. The van der Waals surface area contributed by atoms with Gasteiger partial charge in [-0.15, -0.1) is 0 Å². The summed E-state index contributed by atoms with van der Waals surface area (Å²) in [7, 11) is 0. The maximum atomic E-state index is 12.2. The Morgan fingerprint density at radius 3 is 2.61 bits per heavy atom. The third-order valence-electron chi connectivity index (χ3n) is 7.48. The molecule has 2 bridgehead atoms. The van der Waals surface area contributed by atoms with E-state index in [1.165, 1.54) is 32.1 Å². The first-order valence-corrected chi connectivity index (χ1v) is 11.3. The Morgan fingerprint density at radius 1 is 1.14 bits per heavy atom. The van der Waals surface area contributed by atoms with Crippen LogP contribution in [0.15, 0.2) is 0 Å². The average molecular weight is 395 g/mol. The van der Waals surface area contributed by atoms with Crippen LogP contribution in [0.25, 0.3) is 0 Å². The lowest BCUT2D eigenvalue weighted by Gasteiger charge is -2.49. The van der Waals surface area contributed by atoms with Gasteiger partial charge in [0.05, 0.1) is 0 Å². The smallest absolute Gasteiger partial charge is 0.220 e. The molecule has 4 fully saturated rings. The molecule has 0 aromatic rings. The maximum Gasteiger partial charge on any atom is 0.220 e. The predicted octanol–water partition coefficient (Wildman–Crippen LogP) is 3.64. The lowest BCUT2D eigenvalue weighted by atomic mass is 9.64. The third kappa shape index (κ3) is 4.11. The number of hydrogen-bond acceptors (Lipinski definition) is 5. The van der Waals surface area contributed by atoms with Crippen molar-refractivity contribution in [3.8, 4) is 0 Å². The highest BCUT2D eigenvalue weighted by molar-refractivity contribution is 5.76. The van der Waals surface area contributed by atoms with Crippen LogP contribution in [-0.2, 0) is 19.3 Å². The Bertz CT molecular complexity index is 580. The molecule has 0 radical (unpaired) electrons. The van der Waals surface area contributed by atoms with Gasteiger partial charge in [-0.2, -0.15) is 9.78 Å². The maximum absolute atomic E-state index is 12.2. The van der Waals surface area contributed by atoms with Crippen molar-refractivity contribution in [2.45, 2.75) is 102 Å². The van der Waals surface area contributed by atoms with Crippen molar-refractivity contribution in [1.82, 2.24) is 5.32 Å². The summed E-state index contributed by atoms with van der Waals surface area (Å²) >= 11 is 0. The molecule has 1 saturated heterocycles. The van der Waals surface area contributed by atoms with E-state index >= 15 is 0 Å². The fraction of sp³-hybridized carbons (Fsp3) is 0.955. The van der Waals surface area contributed by atoms with Crippen LogP contribution in [-0.4, -0.2) is 29.6 Å². The summed E-state index contributed by atoms with van der Waals surface area (Å²) in [5.41, 5.74) is 5.57. The van der Waals surface area contributed by atoms with Crippen molar-refractivity contribution < 1.29 is 19.3 Å². The number of carbonyl (C=O) groups is 1. The van der Waals surface area contributed by atoms with E-state index in [2.05, 4.69) is 12.2 Å². The second-order valence-corrected chi connectivity index (χ2v) is 10.7. The second kappa shape index (κ2) is 7.53. The van der Waals surface area contributed by atoms with E-state index < -0.39 is 11.6 Å². The van der Waals surface area contributed by atoms with Crippen molar-refractivity contribution in [3.63, 3.8) is 0 Å². The zero-order chi connectivity index (χ0) is 20.0. The molecule has 4 atom stereocenters. The molecule has 3 N–H and O–H groups in total. The number of nitrogens with two attached hydrogens (primary N) is 1. The summed E-state index contributed by atoms with van der Waals surface area (Å²) < 4.78 is 6.70. The molecule has 1 heterocycles. The van der Waals surface area contributed by atoms with Gasteiger partial charge in [0.1, 0.15) is 0 Å². The first-order chi connectivity index (χ1) is 13.2. The van der Waals surface area contributed by atoms with Gasteiger partial charge in [-0.3, -0.25) is 4.79 Å². The molecule has 28 heavy (non-hydrogen) atoms. The number of carbonyl (C=O) groups excluding carboxylic acids is 1. The monoisotopic (exact) mass is 394 g/mol. The van der Waals surface area contributed by atoms with Gasteiger partial charge in [0.25, 0.3) is 0 Å². The number of rotatable bonds is 4. The van der Waals surface area contributed by atoms with Gasteiger partial charge in [0, 0.05) is 43.2 Å². The number of fused-ring (bicyclic) bond motifs is 3. The molecule has 3 aliphatic carbocycles. The van der Waals surface area contributed by atoms with Crippen molar-refractivity contribution in [2.75, 3.05) is 6.54 Å². The molecule has 6 heteroatoms. The highest BCUT2D eigenvalue weighted by Gasteiger charge is 2.62. The van der Waals surface area contributed by atoms with Crippen LogP contribution in [0.3, 0.4) is 0 Å². The Morgan fingerprint density at radius 2 is 1.89 bits per heavy atom. The Hall–Kier alpha value is -0.690. The van der Waals surface area contributed by atoms with Gasteiger partial charge in [-0.05, 0) is 57.8 Å². The standard InChI is InChI=1S/C22H38N2O4/c1-15-11-17-5-4-6-18(12-17)22(15)26-21(27-28-22)9-7-16(8-10-21)13-19(25)24-14-20(2,3)23/h15-18H,4-14,23H2,1-3H3,(H,24,25)/t15-,16?,17+,18+,21?,22+/m1/s1. The minimum atomic E-state index is -0.606. The Balaban J connectivity index is 1.31. The Labute approximate surface area is 169 Å².